The molecule has 2 fully saturated rings. The molecule has 2 N–H and O–H groups in total. The molecule has 21 heavy (non-hydrogen) atoms. The minimum Gasteiger partial charge on any atom is -0.393 e. The molecule has 0 aromatic carbocycles. The quantitative estimate of drug-likeness (QED) is 0.891. The molecule has 1 saturated carbocycles. The van der Waals surface area contributed by atoms with Crippen molar-refractivity contribution in [1.29, 1.82) is 0 Å². The second-order valence-corrected chi connectivity index (χ2v) is 6.46. The van der Waals surface area contributed by atoms with Gasteiger partial charge in [-0.05, 0) is 39.0 Å². The number of aliphatic hydroxyl groups excluding tert-OH is 1. The van der Waals surface area contributed by atoms with Gasteiger partial charge in [-0.2, -0.15) is 0 Å². The number of nitrogens with zero attached hydrogens (tertiary/aromatic N) is 3. The molecule has 0 amide bonds. The topological polar surface area (TPSA) is 61.3 Å². The summed E-state index contributed by atoms with van der Waals surface area (Å²) in [7, 11) is 0. The molecular formula is C16H26N4O. The molecule has 2 aliphatic rings. The number of aromatic nitrogens is 2. The molecule has 1 saturated heterocycles. The van der Waals surface area contributed by atoms with E-state index in [4.69, 9.17) is 9.97 Å². The highest BCUT2D eigenvalue weighted by Crippen LogP contribution is 2.40. The summed E-state index contributed by atoms with van der Waals surface area (Å²) in [5.74, 6) is 3.87. The van der Waals surface area contributed by atoms with Crippen LogP contribution >= 0.6 is 0 Å². The zero-order valence-corrected chi connectivity index (χ0v) is 13.3. The Morgan fingerprint density at radius 3 is 2.67 bits per heavy atom. The highest BCUT2D eigenvalue weighted by molar-refractivity contribution is 5.59. The Labute approximate surface area is 126 Å². The molecule has 1 aliphatic carbocycles. The Balaban J connectivity index is 1.92. The lowest BCUT2D eigenvalue weighted by Gasteiger charge is -2.36. The van der Waals surface area contributed by atoms with E-state index in [2.05, 4.69) is 31.0 Å². The molecule has 1 aromatic heterocycles. The molecule has 2 atom stereocenters. The summed E-state index contributed by atoms with van der Waals surface area (Å²) < 4.78 is 0. The van der Waals surface area contributed by atoms with Crippen LogP contribution < -0.4 is 10.2 Å². The zero-order valence-electron chi connectivity index (χ0n) is 13.3. The fourth-order valence-corrected chi connectivity index (χ4v) is 3.02. The van der Waals surface area contributed by atoms with E-state index in [9.17, 15) is 5.11 Å². The van der Waals surface area contributed by atoms with Crippen LogP contribution in [0.2, 0.25) is 0 Å². The van der Waals surface area contributed by atoms with Crippen LogP contribution in [-0.4, -0.2) is 40.8 Å². The minimum absolute atomic E-state index is 0.181. The number of hydrogen-bond acceptors (Lipinski definition) is 5. The summed E-state index contributed by atoms with van der Waals surface area (Å²) in [4.78, 5) is 11.9. The lowest BCUT2D eigenvalue weighted by atomic mass is 9.96. The first-order valence-electron chi connectivity index (χ1n) is 8.15. The summed E-state index contributed by atoms with van der Waals surface area (Å²) in [5.41, 5.74) is 1.13. The van der Waals surface area contributed by atoms with Gasteiger partial charge in [0.15, 0.2) is 0 Å². The molecule has 116 valence electrons. The van der Waals surface area contributed by atoms with E-state index in [0.717, 1.165) is 49.1 Å². The number of hydrogen-bond donors (Lipinski definition) is 2. The molecule has 0 radical (unpaired) electrons. The van der Waals surface area contributed by atoms with Crippen molar-refractivity contribution in [3.05, 3.63) is 11.4 Å². The van der Waals surface area contributed by atoms with Crippen LogP contribution in [0.15, 0.2) is 0 Å². The van der Waals surface area contributed by atoms with Gasteiger partial charge in [0.1, 0.15) is 17.5 Å². The van der Waals surface area contributed by atoms with Gasteiger partial charge in [0.05, 0.1) is 6.10 Å². The molecule has 5 heteroatoms. The first-order chi connectivity index (χ1) is 10.1. The van der Waals surface area contributed by atoms with Crippen molar-refractivity contribution in [2.75, 3.05) is 29.9 Å². The minimum atomic E-state index is -0.181. The second-order valence-electron chi connectivity index (χ2n) is 6.46. The SMILES string of the molecule is CCNc1nc(C2CC2)nc(N2CCC(O)C(C)C2)c1C. The van der Waals surface area contributed by atoms with Crippen molar-refractivity contribution in [2.45, 2.75) is 52.1 Å². The van der Waals surface area contributed by atoms with Crippen LogP contribution in [0.3, 0.4) is 0 Å². The lowest BCUT2D eigenvalue weighted by molar-refractivity contribution is 0.0968. The molecule has 1 aliphatic heterocycles. The largest absolute Gasteiger partial charge is 0.393 e. The van der Waals surface area contributed by atoms with E-state index < -0.39 is 0 Å². The van der Waals surface area contributed by atoms with E-state index in [-0.39, 0.29) is 6.10 Å². The third-order valence-electron chi connectivity index (χ3n) is 4.58. The van der Waals surface area contributed by atoms with Gasteiger partial charge in [-0.25, -0.2) is 9.97 Å². The fourth-order valence-electron chi connectivity index (χ4n) is 3.02. The number of nitrogens with one attached hydrogen (secondary N) is 1. The van der Waals surface area contributed by atoms with E-state index in [1.807, 2.05) is 0 Å². The van der Waals surface area contributed by atoms with Crippen molar-refractivity contribution >= 4 is 11.6 Å². The van der Waals surface area contributed by atoms with E-state index in [1.54, 1.807) is 0 Å². The lowest BCUT2D eigenvalue weighted by Crippen LogP contribution is -2.42. The first kappa shape index (κ1) is 14.6. The van der Waals surface area contributed by atoms with E-state index in [0.29, 0.717) is 11.8 Å². The van der Waals surface area contributed by atoms with Gasteiger partial charge in [0.25, 0.3) is 0 Å². The molecule has 1 aromatic rings. The number of rotatable bonds is 4. The monoisotopic (exact) mass is 290 g/mol. The van der Waals surface area contributed by atoms with Crippen molar-refractivity contribution < 1.29 is 5.11 Å². The van der Waals surface area contributed by atoms with Gasteiger partial charge < -0.3 is 15.3 Å². The Bertz CT molecular complexity index is 515. The third-order valence-corrected chi connectivity index (χ3v) is 4.58. The van der Waals surface area contributed by atoms with Gasteiger partial charge in [0, 0.05) is 31.1 Å². The average Bonchev–Trinajstić information content (AvgIpc) is 3.29. The van der Waals surface area contributed by atoms with Gasteiger partial charge in [-0.15, -0.1) is 0 Å². The summed E-state index contributed by atoms with van der Waals surface area (Å²) in [6.07, 6.45) is 3.06. The number of piperidine rings is 1. The maximum absolute atomic E-state index is 9.93. The summed E-state index contributed by atoms with van der Waals surface area (Å²) in [5, 5.41) is 13.3. The van der Waals surface area contributed by atoms with Crippen LogP contribution in [-0.2, 0) is 0 Å². The van der Waals surface area contributed by atoms with Crippen molar-refractivity contribution in [3.63, 3.8) is 0 Å². The van der Waals surface area contributed by atoms with Crippen LogP contribution in [0.1, 0.15) is 50.4 Å². The van der Waals surface area contributed by atoms with Crippen LogP contribution in [0.4, 0.5) is 11.6 Å². The maximum atomic E-state index is 9.93. The first-order valence-corrected chi connectivity index (χ1v) is 8.15. The Hall–Kier alpha value is -1.36. The van der Waals surface area contributed by atoms with Crippen molar-refractivity contribution in [3.8, 4) is 0 Å². The predicted octanol–water partition coefficient (Wildman–Crippen LogP) is 2.30. The predicted molar refractivity (Wildman–Crippen MR) is 84.9 cm³/mol. The Morgan fingerprint density at radius 2 is 2.05 bits per heavy atom. The molecule has 0 spiro atoms. The van der Waals surface area contributed by atoms with E-state index in [1.165, 1.54) is 12.8 Å². The zero-order chi connectivity index (χ0) is 15.0. The highest BCUT2D eigenvalue weighted by Gasteiger charge is 2.31. The van der Waals surface area contributed by atoms with E-state index >= 15 is 0 Å². The van der Waals surface area contributed by atoms with Crippen molar-refractivity contribution in [2.24, 2.45) is 5.92 Å². The fraction of sp³-hybridized carbons (Fsp3) is 0.750. The summed E-state index contributed by atoms with van der Waals surface area (Å²) >= 11 is 0. The van der Waals surface area contributed by atoms with Gasteiger partial charge in [0.2, 0.25) is 0 Å². The number of anilines is 2. The molecule has 3 rings (SSSR count). The normalized spacial score (nSPS) is 26.0. The van der Waals surface area contributed by atoms with Gasteiger partial charge >= 0.3 is 0 Å². The molecule has 2 heterocycles. The Kier molecular flexibility index (Phi) is 4.02. The summed E-state index contributed by atoms with van der Waals surface area (Å²) in [6, 6.07) is 0. The Morgan fingerprint density at radius 1 is 1.29 bits per heavy atom. The van der Waals surface area contributed by atoms with Crippen LogP contribution in [0.25, 0.3) is 0 Å². The molecule has 5 nitrogen and oxygen atoms in total. The summed E-state index contributed by atoms with van der Waals surface area (Å²) in [6.45, 7) is 8.92. The average molecular weight is 290 g/mol. The molecule has 0 bridgehead atoms. The van der Waals surface area contributed by atoms with Crippen LogP contribution in [0, 0.1) is 12.8 Å². The smallest absolute Gasteiger partial charge is 0.137 e. The standard InChI is InChI=1S/C16H26N4O/c1-4-17-14-11(3)16(19-15(18-14)12-5-6-12)20-8-7-13(21)10(2)9-20/h10,12-13,21H,4-9H2,1-3H3,(H,17,18,19). The van der Waals surface area contributed by atoms with Crippen molar-refractivity contribution in [1.82, 2.24) is 9.97 Å². The molecular weight excluding hydrogens is 264 g/mol. The third kappa shape index (κ3) is 2.98. The van der Waals surface area contributed by atoms with Crippen LogP contribution in [0.5, 0.6) is 0 Å². The van der Waals surface area contributed by atoms with Gasteiger partial charge in [-0.3, -0.25) is 0 Å². The highest BCUT2D eigenvalue weighted by atomic mass is 16.3. The van der Waals surface area contributed by atoms with Gasteiger partial charge in [-0.1, -0.05) is 6.92 Å². The second kappa shape index (κ2) is 5.79. The number of aliphatic hydroxyl groups is 1. The maximum Gasteiger partial charge on any atom is 0.137 e. The molecule has 2 unspecified atom stereocenters.